The highest BCUT2D eigenvalue weighted by atomic mass is 79.9. The first-order chi connectivity index (χ1) is 11.8. The molecule has 3 rings (SSSR count). The van der Waals surface area contributed by atoms with Gasteiger partial charge in [-0.15, -0.1) is 8.78 Å². The molecule has 2 N–H and O–H groups in total. The number of alkyl halides is 2. The molecule has 1 aromatic carbocycles. The first kappa shape index (κ1) is 18.0. The summed E-state index contributed by atoms with van der Waals surface area (Å²) < 4.78 is 36.0. The summed E-state index contributed by atoms with van der Waals surface area (Å²) in [5.74, 6) is -0.575. The maximum Gasteiger partial charge on any atom is 0.586 e. The van der Waals surface area contributed by atoms with Crippen LogP contribution < -0.4 is 9.47 Å². The summed E-state index contributed by atoms with van der Waals surface area (Å²) in [6, 6.07) is 7.86. The van der Waals surface area contributed by atoms with Crippen molar-refractivity contribution in [2.24, 2.45) is 0 Å². The maximum absolute atomic E-state index is 13.2. The van der Waals surface area contributed by atoms with Crippen molar-refractivity contribution in [3.63, 3.8) is 0 Å². The summed E-state index contributed by atoms with van der Waals surface area (Å²) in [6.07, 6.45) is -2.13. The predicted octanol–water partition coefficient (Wildman–Crippen LogP) is 3.19. The van der Waals surface area contributed by atoms with Gasteiger partial charge in [-0.2, -0.15) is 0 Å². The van der Waals surface area contributed by atoms with Gasteiger partial charge in [0.15, 0.2) is 11.5 Å². The fourth-order valence-corrected chi connectivity index (χ4v) is 3.27. The van der Waals surface area contributed by atoms with E-state index in [9.17, 15) is 19.0 Å². The molecule has 1 atom stereocenters. The van der Waals surface area contributed by atoms with Crippen LogP contribution in [-0.2, 0) is 5.41 Å². The number of rotatable bonds is 5. The highest BCUT2D eigenvalue weighted by Gasteiger charge is 2.45. The molecule has 1 aromatic heterocycles. The van der Waals surface area contributed by atoms with Crippen LogP contribution in [0.3, 0.4) is 0 Å². The van der Waals surface area contributed by atoms with E-state index in [1.54, 1.807) is 31.3 Å². The zero-order valence-electron chi connectivity index (χ0n) is 13.2. The Balaban J connectivity index is 2.01. The minimum Gasteiger partial charge on any atom is -0.395 e. The van der Waals surface area contributed by atoms with Crippen molar-refractivity contribution >= 4 is 15.9 Å². The van der Waals surface area contributed by atoms with E-state index in [-0.39, 0.29) is 24.7 Å². The second-order valence-electron chi connectivity index (χ2n) is 5.93. The molecule has 8 heteroatoms. The molecule has 0 saturated heterocycles. The molecule has 2 heterocycles. The first-order valence-corrected chi connectivity index (χ1v) is 8.34. The molecule has 0 spiro atoms. The number of aliphatic hydroxyl groups excluding tert-OH is 2. The molecule has 0 saturated carbocycles. The number of pyridine rings is 1. The third-order valence-corrected chi connectivity index (χ3v) is 5.04. The Labute approximate surface area is 151 Å². The molecule has 1 aliphatic rings. The second-order valence-corrected chi connectivity index (χ2v) is 6.84. The third kappa shape index (κ3) is 3.21. The lowest BCUT2D eigenvalue weighted by Gasteiger charge is -2.36. The van der Waals surface area contributed by atoms with Crippen LogP contribution in [0.4, 0.5) is 8.78 Å². The summed E-state index contributed by atoms with van der Waals surface area (Å²) >= 11 is 3.35. The highest BCUT2D eigenvalue weighted by molar-refractivity contribution is 9.10. The molecule has 5 nitrogen and oxygen atoms in total. The van der Waals surface area contributed by atoms with E-state index in [0.29, 0.717) is 11.3 Å². The lowest BCUT2D eigenvalue weighted by molar-refractivity contribution is -0.286. The van der Waals surface area contributed by atoms with Gasteiger partial charge in [-0.25, -0.2) is 0 Å². The van der Waals surface area contributed by atoms with Crippen LogP contribution in [0.2, 0.25) is 0 Å². The Morgan fingerprint density at radius 3 is 2.48 bits per heavy atom. The Hall–Kier alpha value is -1.77. The van der Waals surface area contributed by atoms with Crippen LogP contribution in [0, 0.1) is 0 Å². The average Bonchev–Trinajstić information content (AvgIpc) is 2.89. The fraction of sp³-hybridized carbons (Fsp3) is 0.353. The number of ether oxygens (including phenoxy) is 2. The van der Waals surface area contributed by atoms with E-state index in [2.05, 4.69) is 30.4 Å². The monoisotopic (exact) mass is 415 g/mol. The SMILES string of the molecule is CC(c1ccc2c(c1)OC(F)(F)O2)C(CO)(CO)c1cc(Br)ccn1. The zero-order valence-corrected chi connectivity index (χ0v) is 14.8. The van der Waals surface area contributed by atoms with Crippen molar-refractivity contribution in [2.45, 2.75) is 24.6 Å². The summed E-state index contributed by atoms with van der Waals surface area (Å²) in [6.45, 7) is 1.03. The van der Waals surface area contributed by atoms with Gasteiger partial charge in [0.25, 0.3) is 0 Å². The van der Waals surface area contributed by atoms with Crippen molar-refractivity contribution in [2.75, 3.05) is 13.2 Å². The molecule has 0 radical (unpaired) electrons. The number of hydrogen-bond acceptors (Lipinski definition) is 5. The van der Waals surface area contributed by atoms with Crippen LogP contribution in [0.1, 0.15) is 24.1 Å². The number of benzene rings is 1. The number of hydrogen-bond donors (Lipinski definition) is 2. The lowest BCUT2D eigenvalue weighted by Crippen LogP contribution is -2.41. The minimum absolute atomic E-state index is 0.0554. The van der Waals surface area contributed by atoms with Gasteiger partial charge in [-0.1, -0.05) is 28.9 Å². The lowest BCUT2D eigenvalue weighted by atomic mass is 9.71. The average molecular weight is 416 g/mol. The molecule has 0 fully saturated rings. The highest BCUT2D eigenvalue weighted by Crippen LogP contribution is 2.45. The van der Waals surface area contributed by atoms with E-state index in [1.807, 2.05) is 0 Å². The predicted molar refractivity (Wildman–Crippen MR) is 88.8 cm³/mol. The standard InChI is InChI=1S/C17H16BrF2NO4/c1-10(11-2-3-13-14(6-11)25-17(19,20)24-13)16(8-22,9-23)15-7-12(18)4-5-21-15/h2-7,10,22-23H,8-9H2,1H3. The first-order valence-electron chi connectivity index (χ1n) is 7.55. The normalized spacial score (nSPS) is 16.7. The summed E-state index contributed by atoms with van der Waals surface area (Å²) in [5.41, 5.74) is -0.00714. The molecule has 0 aliphatic carbocycles. The van der Waals surface area contributed by atoms with Gasteiger partial charge in [0.1, 0.15) is 0 Å². The molecular weight excluding hydrogens is 400 g/mol. The van der Waals surface area contributed by atoms with Crippen LogP contribution >= 0.6 is 15.9 Å². The number of nitrogens with zero attached hydrogens (tertiary/aromatic N) is 1. The molecule has 2 aromatic rings. The van der Waals surface area contributed by atoms with E-state index in [0.717, 1.165) is 4.47 Å². The van der Waals surface area contributed by atoms with Crippen molar-refractivity contribution in [3.8, 4) is 11.5 Å². The molecule has 1 aliphatic heterocycles. The quantitative estimate of drug-likeness (QED) is 0.784. The Morgan fingerprint density at radius 1 is 1.16 bits per heavy atom. The van der Waals surface area contributed by atoms with Gasteiger partial charge in [0.2, 0.25) is 0 Å². The van der Waals surface area contributed by atoms with Gasteiger partial charge >= 0.3 is 6.29 Å². The Morgan fingerprint density at radius 2 is 1.84 bits per heavy atom. The number of aliphatic hydroxyl groups is 2. The number of fused-ring (bicyclic) bond motifs is 1. The molecular formula is C17H16BrF2NO4. The maximum atomic E-state index is 13.2. The van der Waals surface area contributed by atoms with Crippen molar-refractivity contribution in [1.29, 1.82) is 0 Å². The number of halogens is 3. The van der Waals surface area contributed by atoms with Gasteiger partial charge in [0, 0.05) is 10.7 Å². The van der Waals surface area contributed by atoms with Gasteiger partial charge in [0.05, 0.1) is 24.3 Å². The second kappa shape index (κ2) is 6.51. The number of aromatic nitrogens is 1. The van der Waals surface area contributed by atoms with Crippen LogP contribution in [0.25, 0.3) is 0 Å². The van der Waals surface area contributed by atoms with Gasteiger partial charge in [-0.3, -0.25) is 4.98 Å². The van der Waals surface area contributed by atoms with Crippen molar-refractivity contribution in [3.05, 3.63) is 52.3 Å². The summed E-state index contributed by atoms with van der Waals surface area (Å²) in [5, 5.41) is 20.1. The van der Waals surface area contributed by atoms with E-state index >= 15 is 0 Å². The van der Waals surface area contributed by atoms with Crippen molar-refractivity contribution in [1.82, 2.24) is 4.98 Å². The van der Waals surface area contributed by atoms with Gasteiger partial charge < -0.3 is 19.7 Å². The Kier molecular flexibility index (Phi) is 4.70. The molecule has 134 valence electrons. The molecule has 0 amide bonds. The van der Waals surface area contributed by atoms with E-state index in [4.69, 9.17) is 0 Å². The van der Waals surface area contributed by atoms with E-state index in [1.165, 1.54) is 12.1 Å². The molecule has 0 bridgehead atoms. The third-order valence-electron chi connectivity index (χ3n) is 4.55. The molecule has 1 unspecified atom stereocenters. The van der Waals surface area contributed by atoms with Gasteiger partial charge in [-0.05, 0) is 35.7 Å². The fourth-order valence-electron chi connectivity index (χ4n) is 2.94. The smallest absolute Gasteiger partial charge is 0.395 e. The molecule has 25 heavy (non-hydrogen) atoms. The van der Waals surface area contributed by atoms with Crippen LogP contribution in [0.5, 0.6) is 11.5 Å². The van der Waals surface area contributed by atoms with Crippen LogP contribution in [-0.4, -0.2) is 34.7 Å². The largest absolute Gasteiger partial charge is 0.586 e. The topological polar surface area (TPSA) is 71.8 Å². The minimum atomic E-state index is -3.69. The summed E-state index contributed by atoms with van der Waals surface area (Å²) in [7, 11) is 0. The van der Waals surface area contributed by atoms with E-state index < -0.39 is 17.6 Å². The zero-order chi connectivity index (χ0) is 18.2. The van der Waals surface area contributed by atoms with Crippen molar-refractivity contribution < 1.29 is 28.5 Å². The van der Waals surface area contributed by atoms with Crippen LogP contribution in [0.15, 0.2) is 41.0 Å². The summed E-state index contributed by atoms with van der Waals surface area (Å²) in [4.78, 5) is 4.27. The Bertz CT molecular complexity index is 783.